The van der Waals surface area contributed by atoms with Gasteiger partial charge in [0.2, 0.25) is 0 Å². The fraction of sp³-hybridized carbons (Fsp3) is 0.250. The molecule has 0 aliphatic carbocycles. The van der Waals surface area contributed by atoms with Gasteiger partial charge in [-0.1, -0.05) is 0 Å². The maximum Gasteiger partial charge on any atom is 0.338 e. The van der Waals surface area contributed by atoms with Gasteiger partial charge in [0.05, 0.1) is 12.7 Å². The van der Waals surface area contributed by atoms with E-state index in [0.29, 0.717) is 16.7 Å². The third kappa shape index (κ3) is 1.34. The number of benzene rings is 1. The summed E-state index contributed by atoms with van der Waals surface area (Å²) >= 11 is 0. The molecule has 16 heavy (non-hydrogen) atoms. The normalized spacial score (nSPS) is 10.7. The topological polar surface area (TPSA) is 51.5 Å². The summed E-state index contributed by atoms with van der Waals surface area (Å²) in [5.41, 5.74) is 1.99. The van der Waals surface area contributed by atoms with Crippen LogP contribution in [0.4, 0.5) is 0 Å². The average Bonchev–Trinajstić information content (AvgIpc) is 2.51. The van der Waals surface area contributed by atoms with Crippen molar-refractivity contribution in [1.82, 2.24) is 4.57 Å². The van der Waals surface area contributed by atoms with Crippen LogP contribution in [-0.4, -0.2) is 22.8 Å². The molecule has 0 aliphatic heterocycles. The lowest BCUT2D eigenvalue weighted by Gasteiger charge is -2.00. The maximum absolute atomic E-state index is 11.2. The second kappa shape index (κ2) is 3.56. The van der Waals surface area contributed by atoms with Crippen LogP contribution in [0.1, 0.15) is 16.1 Å². The number of aromatic nitrogens is 1. The molecule has 0 atom stereocenters. The Balaban J connectivity index is 2.86. The number of nitrogens with zero attached hydrogens (tertiary/aromatic N) is 1. The third-order valence-electron chi connectivity index (χ3n) is 2.91. The number of rotatable bonds is 2. The minimum atomic E-state index is -0.906. The minimum Gasteiger partial charge on any atom is -0.497 e. The van der Waals surface area contributed by atoms with E-state index in [2.05, 4.69) is 0 Å². The van der Waals surface area contributed by atoms with Crippen LogP contribution < -0.4 is 4.74 Å². The molecule has 0 saturated heterocycles. The zero-order chi connectivity index (χ0) is 11.9. The number of methoxy groups -OCH3 is 1. The predicted octanol–water partition coefficient (Wildman–Crippen LogP) is 2.19. The molecule has 0 amide bonds. The van der Waals surface area contributed by atoms with Crippen LogP contribution in [0.25, 0.3) is 10.9 Å². The summed E-state index contributed by atoms with van der Waals surface area (Å²) in [4.78, 5) is 11.2. The first kappa shape index (κ1) is 10.5. The lowest BCUT2D eigenvalue weighted by Crippen LogP contribution is -1.99. The van der Waals surface area contributed by atoms with Crippen molar-refractivity contribution in [3.63, 3.8) is 0 Å². The van der Waals surface area contributed by atoms with Crippen LogP contribution in [0.2, 0.25) is 0 Å². The number of fused-ring (bicyclic) bond motifs is 1. The lowest BCUT2D eigenvalue weighted by molar-refractivity contribution is 0.0698. The van der Waals surface area contributed by atoms with Gasteiger partial charge in [0, 0.05) is 23.6 Å². The highest BCUT2D eigenvalue weighted by molar-refractivity contribution is 6.05. The fourth-order valence-corrected chi connectivity index (χ4v) is 1.95. The van der Waals surface area contributed by atoms with Gasteiger partial charge >= 0.3 is 5.97 Å². The van der Waals surface area contributed by atoms with E-state index in [0.717, 1.165) is 11.2 Å². The minimum absolute atomic E-state index is 0.344. The summed E-state index contributed by atoms with van der Waals surface area (Å²) in [6.45, 7) is 1.80. The molecule has 0 bridgehead atoms. The molecule has 4 nitrogen and oxygen atoms in total. The summed E-state index contributed by atoms with van der Waals surface area (Å²) in [5, 5.41) is 9.90. The Bertz CT molecular complexity index is 569. The van der Waals surface area contributed by atoms with Crippen molar-refractivity contribution in [1.29, 1.82) is 0 Å². The molecule has 0 spiro atoms. The average molecular weight is 219 g/mol. The zero-order valence-corrected chi connectivity index (χ0v) is 9.44. The monoisotopic (exact) mass is 219 g/mol. The van der Waals surface area contributed by atoms with Gasteiger partial charge in [-0.2, -0.15) is 0 Å². The molecule has 1 aromatic heterocycles. The van der Waals surface area contributed by atoms with Gasteiger partial charge in [-0.25, -0.2) is 4.79 Å². The molecule has 0 fully saturated rings. The standard InChI is InChI=1S/C12H13NO3/c1-7-11(12(14)15)9-6-8(16-3)4-5-10(9)13(7)2/h4-6H,1-3H3,(H,14,15). The number of carbonyl (C=O) groups is 1. The van der Waals surface area contributed by atoms with Crippen LogP contribution in [-0.2, 0) is 7.05 Å². The molecular formula is C12H13NO3. The van der Waals surface area contributed by atoms with Gasteiger partial charge in [0.25, 0.3) is 0 Å². The lowest BCUT2D eigenvalue weighted by atomic mass is 10.1. The molecule has 1 aromatic carbocycles. The van der Waals surface area contributed by atoms with E-state index in [1.54, 1.807) is 20.1 Å². The maximum atomic E-state index is 11.2. The first-order chi connectivity index (χ1) is 7.56. The van der Waals surface area contributed by atoms with Crippen LogP contribution >= 0.6 is 0 Å². The Morgan fingerprint density at radius 3 is 2.69 bits per heavy atom. The number of ether oxygens (including phenoxy) is 1. The Hall–Kier alpha value is -1.97. The van der Waals surface area contributed by atoms with E-state index < -0.39 is 5.97 Å². The van der Waals surface area contributed by atoms with Crippen LogP contribution in [0.3, 0.4) is 0 Å². The highest BCUT2D eigenvalue weighted by Gasteiger charge is 2.17. The molecule has 2 aromatic rings. The molecule has 0 saturated carbocycles. The Labute approximate surface area is 93.1 Å². The first-order valence-electron chi connectivity index (χ1n) is 4.92. The molecule has 2 rings (SSSR count). The molecule has 4 heteroatoms. The van der Waals surface area contributed by atoms with Gasteiger partial charge in [-0.05, 0) is 25.1 Å². The van der Waals surface area contributed by atoms with Crippen LogP contribution in [0.15, 0.2) is 18.2 Å². The molecule has 0 unspecified atom stereocenters. The van der Waals surface area contributed by atoms with Crippen molar-refractivity contribution in [2.75, 3.05) is 7.11 Å². The van der Waals surface area contributed by atoms with E-state index >= 15 is 0 Å². The second-order valence-corrected chi connectivity index (χ2v) is 3.71. The van der Waals surface area contributed by atoms with Crippen LogP contribution in [0, 0.1) is 6.92 Å². The highest BCUT2D eigenvalue weighted by atomic mass is 16.5. The first-order valence-corrected chi connectivity index (χ1v) is 4.92. The summed E-state index contributed by atoms with van der Waals surface area (Å²) in [6.07, 6.45) is 0. The summed E-state index contributed by atoms with van der Waals surface area (Å²) in [5.74, 6) is -0.239. The van der Waals surface area contributed by atoms with Gasteiger partial charge in [0.15, 0.2) is 0 Å². The van der Waals surface area contributed by atoms with Crippen molar-refractivity contribution < 1.29 is 14.6 Å². The van der Waals surface area contributed by atoms with Crippen molar-refractivity contribution >= 4 is 16.9 Å². The van der Waals surface area contributed by atoms with Gasteiger partial charge in [0.1, 0.15) is 5.75 Å². The highest BCUT2D eigenvalue weighted by Crippen LogP contribution is 2.28. The molecular weight excluding hydrogens is 206 g/mol. The zero-order valence-electron chi connectivity index (χ0n) is 9.44. The number of aryl methyl sites for hydroxylation is 1. The van der Waals surface area contributed by atoms with E-state index in [9.17, 15) is 9.90 Å². The smallest absolute Gasteiger partial charge is 0.338 e. The van der Waals surface area contributed by atoms with Crippen molar-refractivity contribution in [2.45, 2.75) is 6.92 Å². The number of carboxylic acids is 1. The van der Waals surface area contributed by atoms with E-state index in [1.807, 2.05) is 23.7 Å². The summed E-state index contributed by atoms with van der Waals surface area (Å²) < 4.78 is 6.98. The van der Waals surface area contributed by atoms with Crippen LogP contribution in [0.5, 0.6) is 5.75 Å². The number of hydrogen-bond donors (Lipinski definition) is 1. The van der Waals surface area contributed by atoms with Gasteiger partial charge < -0.3 is 14.4 Å². The number of carboxylic acid groups (broad SMARTS) is 1. The van der Waals surface area contributed by atoms with E-state index in [4.69, 9.17) is 4.74 Å². The third-order valence-corrected chi connectivity index (χ3v) is 2.91. The predicted molar refractivity (Wildman–Crippen MR) is 61.2 cm³/mol. The van der Waals surface area contributed by atoms with E-state index in [-0.39, 0.29) is 0 Å². The molecule has 84 valence electrons. The Kier molecular flexibility index (Phi) is 2.34. The summed E-state index contributed by atoms with van der Waals surface area (Å²) in [7, 11) is 3.42. The van der Waals surface area contributed by atoms with Crippen molar-refractivity contribution in [3.05, 3.63) is 29.5 Å². The fourth-order valence-electron chi connectivity index (χ4n) is 1.95. The number of aromatic carboxylic acids is 1. The molecule has 0 aliphatic rings. The molecule has 1 N–H and O–H groups in total. The Morgan fingerprint density at radius 1 is 1.44 bits per heavy atom. The largest absolute Gasteiger partial charge is 0.497 e. The van der Waals surface area contributed by atoms with Gasteiger partial charge in [-0.15, -0.1) is 0 Å². The van der Waals surface area contributed by atoms with Crippen molar-refractivity contribution in [3.8, 4) is 5.75 Å². The number of hydrogen-bond acceptors (Lipinski definition) is 2. The second-order valence-electron chi connectivity index (χ2n) is 3.71. The van der Waals surface area contributed by atoms with Crippen molar-refractivity contribution in [2.24, 2.45) is 7.05 Å². The van der Waals surface area contributed by atoms with Gasteiger partial charge in [-0.3, -0.25) is 0 Å². The Morgan fingerprint density at radius 2 is 2.12 bits per heavy atom. The molecule has 1 heterocycles. The molecule has 0 radical (unpaired) electrons. The van der Waals surface area contributed by atoms with E-state index in [1.165, 1.54) is 0 Å². The quantitative estimate of drug-likeness (QED) is 0.842. The SMILES string of the molecule is COc1ccc2c(c1)c(C(=O)O)c(C)n2C. The summed E-state index contributed by atoms with van der Waals surface area (Å²) in [6, 6.07) is 5.45.